The number of alkyl halides is 1. The molecule has 0 atom stereocenters. The van der Waals surface area contributed by atoms with Crippen LogP contribution in [0.1, 0.15) is 5.56 Å². The molecule has 1 heterocycles. The normalized spacial score (nSPS) is 10.7. The monoisotopic (exact) mass is 391 g/mol. The van der Waals surface area contributed by atoms with E-state index in [1.807, 2.05) is 48.5 Å². The summed E-state index contributed by atoms with van der Waals surface area (Å²) >= 11 is 6.95. The molecule has 3 rings (SSSR count). The summed E-state index contributed by atoms with van der Waals surface area (Å²) in [6, 6.07) is 15.9. The first kappa shape index (κ1) is 13.6. The fraction of sp³-hybridized carbons (Fsp3) is 0.0625. The van der Waals surface area contributed by atoms with Gasteiger partial charge in [-0.2, -0.15) is 0 Å². The van der Waals surface area contributed by atoms with Crippen LogP contribution in [0.4, 0.5) is 0 Å². The van der Waals surface area contributed by atoms with Crippen LogP contribution in [0.3, 0.4) is 0 Å². The number of benzene rings is 2. The number of nitrogens with zero attached hydrogens (tertiary/aromatic N) is 1. The summed E-state index contributed by atoms with van der Waals surface area (Å²) in [5.41, 5.74) is 2.03. The van der Waals surface area contributed by atoms with Gasteiger partial charge in [0.1, 0.15) is 11.5 Å². The highest BCUT2D eigenvalue weighted by molar-refractivity contribution is 9.10. The highest BCUT2D eigenvalue weighted by Crippen LogP contribution is 2.30. The van der Waals surface area contributed by atoms with Crippen LogP contribution in [-0.2, 0) is 5.33 Å². The minimum Gasteiger partial charge on any atom is -0.457 e. The molecule has 3 aromatic rings. The lowest BCUT2D eigenvalue weighted by molar-refractivity contribution is 0.479. The van der Waals surface area contributed by atoms with Crippen molar-refractivity contribution in [1.29, 1.82) is 0 Å². The van der Waals surface area contributed by atoms with Crippen molar-refractivity contribution < 1.29 is 4.74 Å². The van der Waals surface area contributed by atoms with Gasteiger partial charge in [-0.1, -0.05) is 37.9 Å². The van der Waals surface area contributed by atoms with Gasteiger partial charge in [-0.25, -0.2) is 0 Å². The number of rotatable bonds is 3. The lowest BCUT2D eigenvalue weighted by atomic mass is 10.2. The van der Waals surface area contributed by atoms with Gasteiger partial charge in [-0.05, 0) is 36.4 Å². The second-order valence-electron chi connectivity index (χ2n) is 4.35. The summed E-state index contributed by atoms with van der Waals surface area (Å²) in [7, 11) is 0. The first-order chi connectivity index (χ1) is 9.76. The zero-order valence-electron chi connectivity index (χ0n) is 10.5. The average Bonchev–Trinajstić information content (AvgIpc) is 2.49. The Morgan fingerprint density at radius 2 is 1.95 bits per heavy atom. The van der Waals surface area contributed by atoms with Crippen LogP contribution in [0.25, 0.3) is 10.9 Å². The lowest BCUT2D eigenvalue weighted by Gasteiger charge is -2.10. The van der Waals surface area contributed by atoms with Gasteiger partial charge in [0.15, 0.2) is 0 Å². The van der Waals surface area contributed by atoms with Gasteiger partial charge in [0.25, 0.3) is 0 Å². The topological polar surface area (TPSA) is 22.1 Å². The SMILES string of the molecule is BrCc1cc(Br)ccc1Oc1ccc2cccnc2c1. The molecule has 0 aliphatic rings. The molecule has 1 aromatic heterocycles. The molecule has 0 spiro atoms. The molecular weight excluding hydrogens is 382 g/mol. The molecule has 100 valence electrons. The molecule has 4 heteroatoms. The molecular formula is C16H11Br2NO. The van der Waals surface area contributed by atoms with E-state index in [9.17, 15) is 0 Å². The number of hydrogen-bond acceptors (Lipinski definition) is 2. The van der Waals surface area contributed by atoms with E-state index in [0.29, 0.717) is 0 Å². The van der Waals surface area contributed by atoms with Gasteiger partial charge in [-0.15, -0.1) is 0 Å². The Balaban J connectivity index is 1.96. The Kier molecular flexibility index (Phi) is 4.03. The van der Waals surface area contributed by atoms with E-state index in [2.05, 4.69) is 36.8 Å². The quantitative estimate of drug-likeness (QED) is 0.534. The van der Waals surface area contributed by atoms with E-state index in [1.165, 1.54) is 0 Å². The van der Waals surface area contributed by atoms with Gasteiger partial charge < -0.3 is 4.74 Å². The second-order valence-corrected chi connectivity index (χ2v) is 5.82. The van der Waals surface area contributed by atoms with Crippen molar-refractivity contribution >= 4 is 42.8 Å². The molecule has 0 amide bonds. The summed E-state index contributed by atoms with van der Waals surface area (Å²) in [5, 5.41) is 1.85. The molecule has 2 aromatic carbocycles. The van der Waals surface area contributed by atoms with E-state index in [1.54, 1.807) is 6.20 Å². The summed E-state index contributed by atoms with van der Waals surface area (Å²) in [4.78, 5) is 4.34. The number of aromatic nitrogens is 1. The first-order valence-electron chi connectivity index (χ1n) is 6.13. The van der Waals surface area contributed by atoms with E-state index in [4.69, 9.17) is 4.74 Å². The summed E-state index contributed by atoms with van der Waals surface area (Å²) < 4.78 is 7.01. The molecule has 0 N–H and O–H groups in total. The molecule has 2 nitrogen and oxygen atoms in total. The van der Waals surface area contributed by atoms with E-state index in [-0.39, 0.29) is 0 Å². The summed E-state index contributed by atoms with van der Waals surface area (Å²) in [6.45, 7) is 0. The van der Waals surface area contributed by atoms with Crippen molar-refractivity contribution in [3.63, 3.8) is 0 Å². The summed E-state index contributed by atoms with van der Waals surface area (Å²) in [5.74, 6) is 1.64. The van der Waals surface area contributed by atoms with Crippen LogP contribution >= 0.6 is 31.9 Å². The van der Waals surface area contributed by atoms with Crippen molar-refractivity contribution in [1.82, 2.24) is 4.98 Å². The van der Waals surface area contributed by atoms with Crippen molar-refractivity contribution in [2.75, 3.05) is 0 Å². The third kappa shape index (κ3) is 2.86. The van der Waals surface area contributed by atoms with E-state index < -0.39 is 0 Å². The molecule has 0 unspecified atom stereocenters. The number of pyridine rings is 1. The predicted molar refractivity (Wildman–Crippen MR) is 88.6 cm³/mol. The third-order valence-corrected chi connectivity index (χ3v) is 4.07. The Labute approximate surface area is 134 Å². The van der Waals surface area contributed by atoms with Crippen molar-refractivity contribution in [3.05, 3.63) is 64.8 Å². The number of ether oxygens (including phenoxy) is 1. The molecule has 0 fully saturated rings. The van der Waals surface area contributed by atoms with Crippen LogP contribution in [0.15, 0.2) is 59.2 Å². The van der Waals surface area contributed by atoms with Gasteiger partial charge in [0.05, 0.1) is 5.52 Å². The Morgan fingerprint density at radius 3 is 2.80 bits per heavy atom. The molecule has 0 aliphatic carbocycles. The van der Waals surface area contributed by atoms with Crippen LogP contribution < -0.4 is 4.74 Å². The molecule has 0 saturated carbocycles. The standard InChI is InChI=1S/C16H11Br2NO/c17-10-12-8-13(18)4-6-16(12)20-14-5-3-11-2-1-7-19-15(11)9-14/h1-9H,10H2. The van der Waals surface area contributed by atoms with Crippen molar-refractivity contribution in [3.8, 4) is 11.5 Å². The van der Waals surface area contributed by atoms with Crippen LogP contribution in [0, 0.1) is 0 Å². The maximum Gasteiger partial charge on any atom is 0.131 e. The van der Waals surface area contributed by atoms with Crippen LogP contribution in [-0.4, -0.2) is 4.98 Å². The minimum absolute atomic E-state index is 0.744. The predicted octanol–water partition coefficient (Wildman–Crippen LogP) is 5.68. The van der Waals surface area contributed by atoms with Crippen molar-refractivity contribution in [2.24, 2.45) is 0 Å². The zero-order valence-corrected chi connectivity index (χ0v) is 13.7. The average molecular weight is 393 g/mol. The summed E-state index contributed by atoms with van der Waals surface area (Å²) in [6.07, 6.45) is 1.79. The van der Waals surface area contributed by atoms with E-state index >= 15 is 0 Å². The number of fused-ring (bicyclic) bond motifs is 1. The number of halogens is 2. The molecule has 0 aliphatic heterocycles. The van der Waals surface area contributed by atoms with E-state index in [0.717, 1.165) is 37.8 Å². The first-order valence-corrected chi connectivity index (χ1v) is 8.05. The Bertz CT molecular complexity index is 758. The molecule has 0 saturated heterocycles. The minimum atomic E-state index is 0.744. The zero-order chi connectivity index (χ0) is 13.9. The maximum absolute atomic E-state index is 5.97. The second kappa shape index (κ2) is 5.94. The Morgan fingerprint density at radius 1 is 1.05 bits per heavy atom. The smallest absolute Gasteiger partial charge is 0.131 e. The largest absolute Gasteiger partial charge is 0.457 e. The fourth-order valence-corrected chi connectivity index (χ4v) is 2.84. The fourth-order valence-electron chi connectivity index (χ4n) is 1.99. The van der Waals surface area contributed by atoms with Gasteiger partial charge in [0, 0.05) is 33.0 Å². The molecule has 0 bridgehead atoms. The van der Waals surface area contributed by atoms with Gasteiger partial charge >= 0.3 is 0 Å². The highest BCUT2D eigenvalue weighted by Gasteiger charge is 2.06. The van der Waals surface area contributed by atoms with Crippen molar-refractivity contribution in [2.45, 2.75) is 5.33 Å². The maximum atomic E-state index is 5.97. The molecule has 0 radical (unpaired) electrons. The highest BCUT2D eigenvalue weighted by atomic mass is 79.9. The van der Waals surface area contributed by atoms with Gasteiger partial charge in [-0.3, -0.25) is 4.98 Å². The number of hydrogen-bond donors (Lipinski definition) is 0. The molecule has 20 heavy (non-hydrogen) atoms. The third-order valence-electron chi connectivity index (χ3n) is 2.97. The van der Waals surface area contributed by atoms with Crippen LogP contribution in [0.2, 0.25) is 0 Å². The lowest BCUT2D eigenvalue weighted by Crippen LogP contribution is -1.90. The van der Waals surface area contributed by atoms with Crippen LogP contribution in [0.5, 0.6) is 11.5 Å². The van der Waals surface area contributed by atoms with Gasteiger partial charge in [0.2, 0.25) is 0 Å². The Hall–Kier alpha value is -1.39.